The third-order valence-electron chi connectivity index (χ3n) is 5.34. The minimum absolute atomic E-state index is 0.0113. The standard InChI is InChI=1S/C25H23BrN2O2/c26-20-14-15-22-21(16-20)25(19-11-5-2-6-12-19)28(17-23(29)27-22)24(30)13-7-10-18-8-3-1-4-9-18/h1-6,8-9,11-12,14-16,25H,7,10,13,17H2,(H,27,29). The summed E-state index contributed by atoms with van der Waals surface area (Å²) in [5, 5.41) is 2.96. The van der Waals surface area contributed by atoms with Crippen LogP contribution in [0.15, 0.2) is 83.3 Å². The molecule has 0 radical (unpaired) electrons. The van der Waals surface area contributed by atoms with Gasteiger partial charge < -0.3 is 10.2 Å². The number of halogens is 1. The summed E-state index contributed by atoms with van der Waals surface area (Å²) in [6.07, 6.45) is 1.98. The number of hydrogen-bond donors (Lipinski definition) is 1. The van der Waals surface area contributed by atoms with E-state index in [1.807, 2.05) is 66.7 Å². The lowest BCUT2D eigenvalue weighted by Gasteiger charge is -2.31. The lowest BCUT2D eigenvalue weighted by Crippen LogP contribution is -2.38. The van der Waals surface area contributed by atoms with Crippen LogP contribution < -0.4 is 5.32 Å². The second-order valence-electron chi connectivity index (χ2n) is 7.45. The normalized spacial score (nSPS) is 15.8. The van der Waals surface area contributed by atoms with Gasteiger partial charge in [0, 0.05) is 22.1 Å². The van der Waals surface area contributed by atoms with E-state index in [1.165, 1.54) is 5.56 Å². The van der Waals surface area contributed by atoms with Gasteiger partial charge >= 0.3 is 0 Å². The Morgan fingerprint density at radius 2 is 1.70 bits per heavy atom. The van der Waals surface area contributed by atoms with E-state index in [1.54, 1.807) is 4.90 Å². The Kier molecular flexibility index (Phi) is 6.29. The number of nitrogens with one attached hydrogen (secondary N) is 1. The van der Waals surface area contributed by atoms with E-state index in [0.717, 1.165) is 34.1 Å². The molecule has 0 aromatic heterocycles. The Morgan fingerprint density at radius 1 is 1.00 bits per heavy atom. The molecule has 0 spiro atoms. The number of fused-ring (bicyclic) bond motifs is 1. The van der Waals surface area contributed by atoms with Crippen LogP contribution in [0.2, 0.25) is 0 Å². The number of amides is 2. The van der Waals surface area contributed by atoms with Gasteiger partial charge in [0.2, 0.25) is 11.8 Å². The highest BCUT2D eigenvalue weighted by molar-refractivity contribution is 9.10. The molecular formula is C25H23BrN2O2. The third-order valence-corrected chi connectivity index (χ3v) is 5.84. The minimum atomic E-state index is -0.318. The van der Waals surface area contributed by atoms with Gasteiger partial charge in [-0.05, 0) is 42.2 Å². The molecule has 3 aromatic carbocycles. The Bertz CT molecular complexity index is 1040. The Morgan fingerprint density at radius 3 is 2.43 bits per heavy atom. The zero-order chi connectivity index (χ0) is 20.9. The first-order valence-electron chi connectivity index (χ1n) is 10.1. The SMILES string of the molecule is O=C1CN(C(=O)CCCc2ccccc2)C(c2ccccc2)c2cc(Br)ccc2N1. The monoisotopic (exact) mass is 462 g/mol. The van der Waals surface area contributed by atoms with Crippen LogP contribution in [0, 0.1) is 0 Å². The van der Waals surface area contributed by atoms with Gasteiger partial charge in [-0.3, -0.25) is 9.59 Å². The van der Waals surface area contributed by atoms with Crippen molar-refractivity contribution in [3.63, 3.8) is 0 Å². The number of aryl methyl sites for hydroxylation is 1. The first kappa shape index (κ1) is 20.4. The zero-order valence-corrected chi connectivity index (χ0v) is 18.1. The molecule has 4 rings (SSSR count). The molecule has 0 aliphatic carbocycles. The van der Waals surface area contributed by atoms with Gasteiger partial charge in [-0.2, -0.15) is 0 Å². The predicted octanol–water partition coefficient (Wildman–Crippen LogP) is 5.34. The van der Waals surface area contributed by atoms with E-state index in [-0.39, 0.29) is 24.4 Å². The van der Waals surface area contributed by atoms with E-state index in [4.69, 9.17) is 0 Å². The summed E-state index contributed by atoms with van der Waals surface area (Å²) < 4.78 is 0.912. The summed E-state index contributed by atoms with van der Waals surface area (Å²) in [6.45, 7) is 0.0377. The largest absolute Gasteiger partial charge is 0.324 e. The van der Waals surface area contributed by atoms with Crippen LogP contribution in [-0.4, -0.2) is 23.3 Å². The van der Waals surface area contributed by atoms with Crippen molar-refractivity contribution in [1.82, 2.24) is 4.90 Å². The van der Waals surface area contributed by atoms with Crippen molar-refractivity contribution in [1.29, 1.82) is 0 Å². The van der Waals surface area contributed by atoms with E-state index in [2.05, 4.69) is 33.4 Å². The highest BCUT2D eigenvalue weighted by Crippen LogP contribution is 2.37. The number of nitrogens with zero attached hydrogens (tertiary/aromatic N) is 1. The number of carbonyl (C=O) groups is 2. The van der Waals surface area contributed by atoms with Crippen molar-refractivity contribution >= 4 is 33.4 Å². The smallest absolute Gasteiger partial charge is 0.244 e. The minimum Gasteiger partial charge on any atom is -0.324 e. The number of carbonyl (C=O) groups excluding carboxylic acids is 2. The van der Waals surface area contributed by atoms with E-state index in [0.29, 0.717) is 6.42 Å². The van der Waals surface area contributed by atoms with Crippen LogP contribution in [0.3, 0.4) is 0 Å². The molecule has 3 aromatic rings. The molecular weight excluding hydrogens is 440 g/mol. The molecule has 1 unspecified atom stereocenters. The van der Waals surface area contributed by atoms with Crippen molar-refractivity contribution < 1.29 is 9.59 Å². The quantitative estimate of drug-likeness (QED) is 0.555. The Labute approximate surface area is 185 Å². The lowest BCUT2D eigenvalue weighted by molar-refractivity contribution is -0.136. The maximum atomic E-state index is 13.3. The predicted molar refractivity (Wildman–Crippen MR) is 122 cm³/mol. The van der Waals surface area contributed by atoms with Crippen LogP contribution >= 0.6 is 15.9 Å². The van der Waals surface area contributed by atoms with Crippen molar-refractivity contribution in [2.45, 2.75) is 25.3 Å². The molecule has 0 saturated heterocycles. The summed E-state index contributed by atoms with van der Waals surface area (Å²) in [5.41, 5.74) is 3.87. The fraction of sp³-hybridized carbons (Fsp3) is 0.200. The highest BCUT2D eigenvalue weighted by atomic mass is 79.9. The molecule has 1 heterocycles. The van der Waals surface area contributed by atoms with Crippen LogP contribution in [-0.2, 0) is 16.0 Å². The summed E-state index contributed by atoms with van der Waals surface area (Å²) in [4.78, 5) is 27.6. The van der Waals surface area contributed by atoms with E-state index < -0.39 is 0 Å². The van der Waals surface area contributed by atoms with Crippen molar-refractivity contribution in [2.75, 3.05) is 11.9 Å². The molecule has 30 heavy (non-hydrogen) atoms. The highest BCUT2D eigenvalue weighted by Gasteiger charge is 2.33. The van der Waals surface area contributed by atoms with Gasteiger partial charge in [-0.1, -0.05) is 76.6 Å². The van der Waals surface area contributed by atoms with E-state index >= 15 is 0 Å². The topological polar surface area (TPSA) is 49.4 Å². The lowest BCUT2D eigenvalue weighted by atomic mass is 9.95. The molecule has 152 valence electrons. The van der Waals surface area contributed by atoms with Gasteiger partial charge in [0.15, 0.2) is 0 Å². The van der Waals surface area contributed by atoms with Crippen LogP contribution in [0.4, 0.5) is 5.69 Å². The Balaban J connectivity index is 1.63. The second kappa shape index (κ2) is 9.26. The molecule has 0 saturated carbocycles. The number of hydrogen-bond acceptors (Lipinski definition) is 2. The molecule has 5 heteroatoms. The number of rotatable bonds is 5. The average Bonchev–Trinajstić information content (AvgIpc) is 2.90. The maximum Gasteiger partial charge on any atom is 0.244 e. The van der Waals surface area contributed by atoms with Gasteiger partial charge in [0.1, 0.15) is 6.54 Å². The molecule has 0 bridgehead atoms. The second-order valence-corrected chi connectivity index (χ2v) is 8.37. The van der Waals surface area contributed by atoms with Crippen LogP contribution in [0.1, 0.15) is 35.6 Å². The molecule has 1 aliphatic rings. The van der Waals surface area contributed by atoms with Gasteiger partial charge in [-0.15, -0.1) is 0 Å². The van der Waals surface area contributed by atoms with Crippen molar-refractivity contribution in [3.05, 3.63) is 100 Å². The molecule has 2 amide bonds. The fourth-order valence-corrected chi connectivity index (χ4v) is 4.32. The molecule has 0 fully saturated rings. The first-order chi connectivity index (χ1) is 14.6. The summed E-state index contributed by atoms with van der Waals surface area (Å²) >= 11 is 3.54. The van der Waals surface area contributed by atoms with Crippen LogP contribution in [0.25, 0.3) is 0 Å². The van der Waals surface area contributed by atoms with Crippen molar-refractivity contribution in [2.24, 2.45) is 0 Å². The van der Waals surface area contributed by atoms with Gasteiger partial charge in [-0.25, -0.2) is 0 Å². The summed E-state index contributed by atoms with van der Waals surface area (Å²) in [5.74, 6) is -0.184. The number of benzene rings is 3. The van der Waals surface area contributed by atoms with E-state index in [9.17, 15) is 9.59 Å². The van der Waals surface area contributed by atoms with Crippen molar-refractivity contribution in [3.8, 4) is 0 Å². The molecule has 1 aliphatic heterocycles. The first-order valence-corrected chi connectivity index (χ1v) is 10.9. The van der Waals surface area contributed by atoms with Gasteiger partial charge in [0.25, 0.3) is 0 Å². The molecule has 1 N–H and O–H groups in total. The maximum absolute atomic E-state index is 13.3. The molecule has 4 nitrogen and oxygen atoms in total. The molecule has 1 atom stereocenters. The third kappa shape index (κ3) is 4.62. The average molecular weight is 463 g/mol. The van der Waals surface area contributed by atoms with Gasteiger partial charge in [0.05, 0.1) is 6.04 Å². The summed E-state index contributed by atoms with van der Waals surface area (Å²) in [6, 6.07) is 25.5. The number of anilines is 1. The van der Waals surface area contributed by atoms with Crippen LogP contribution in [0.5, 0.6) is 0 Å². The zero-order valence-electron chi connectivity index (χ0n) is 16.6. The Hall–Kier alpha value is -2.92. The summed E-state index contributed by atoms with van der Waals surface area (Å²) in [7, 11) is 0. The fourth-order valence-electron chi connectivity index (χ4n) is 3.94.